The highest BCUT2D eigenvalue weighted by atomic mass is 35.5. The summed E-state index contributed by atoms with van der Waals surface area (Å²) in [4.78, 5) is 12.3. The minimum Gasteiger partial charge on any atom is -0.497 e. The van der Waals surface area contributed by atoms with E-state index < -0.39 is 6.10 Å². The van der Waals surface area contributed by atoms with Crippen molar-refractivity contribution in [2.75, 3.05) is 20.3 Å². The van der Waals surface area contributed by atoms with Crippen LogP contribution in [-0.2, 0) is 4.79 Å². The molecule has 5 nitrogen and oxygen atoms in total. The molecule has 2 rings (SSSR count). The van der Waals surface area contributed by atoms with Gasteiger partial charge < -0.3 is 19.5 Å². The molecule has 0 aromatic heterocycles. The number of hydrogen-bond donors (Lipinski definition) is 1. The van der Waals surface area contributed by atoms with E-state index in [-0.39, 0.29) is 5.91 Å². The average molecular weight is 364 g/mol. The smallest absolute Gasteiger partial charge is 0.261 e. The van der Waals surface area contributed by atoms with Crippen molar-refractivity contribution in [1.82, 2.24) is 5.32 Å². The molecule has 1 atom stereocenters. The van der Waals surface area contributed by atoms with Crippen molar-refractivity contribution in [3.05, 3.63) is 53.6 Å². The topological polar surface area (TPSA) is 56.8 Å². The first-order valence-electron chi connectivity index (χ1n) is 8.09. The second-order valence-electron chi connectivity index (χ2n) is 5.26. The van der Waals surface area contributed by atoms with Crippen LogP contribution in [0.2, 0.25) is 5.02 Å². The minimum absolute atomic E-state index is 0.187. The summed E-state index contributed by atoms with van der Waals surface area (Å²) in [6.45, 7) is 2.58. The number of benzene rings is 2. The Kier molecular flexibility index (Phi) is 7.41. The van der Waals surface area contributed by atoms with Gasteiger partial charge in [-0.2, -0.15) is 0 Å². The molecule has 0 bridgehead atoms. The minimum atomic E-state index is -0.576. The van der Waals surface area contributed by atoms with Crippen molar-refractivity contribution in [2.45, 2.75) is 19.4 Å². The second kappa shape index (κ2) is 9.79. The van der Waals surface area contributed by atoms with Gasteiger partial charge in [0.25, 0.3) is 5.91 Å². The lowest BCUT2D eigenvalue weighted by Crippen LogP contribution is -2.39. The van der Waals surface area contributed by atoms with E-state index in [0.29, 0.717) is 41.8 Å². The fourth-order valence-corrected chi connectivity index (χ4v) is 2.36. The number of nitrogens with one attached hydrogen (secondary N) is 1. The first-order valence-corrected chi connectivity index (χ1v) is 8.47. The maximum atomic E-state index is 12.3. The predicted molar refractivity (Wildman–Crippen MR) is 97.7 cm³/mol. The number of carbonyl (C=O) groups is 1. The van der Waals surface area contributed by atoms with Crippen molar-refractivity contribution in [3.8, 4) is 17.2 Å². The third-order valence-corrected chi connectivity index (χ3v) is 3.79. The van der Waals surface area contributed by atoms with E-state index in [4.69, 9.17) is 25.8 Å². The number of methoxy groups -OCH3 is 1. The van der Waals surface area contributed by atoms with Crippen LogP contribution >= 0.6 is 11.6 Å². The predicted octanol–water partition coefficient (Wildman–Crippen LogP) is 3.70. The molecule has 2 aromatic rings. The van der Waals surface area contributed by atoms with Crippen LogP contribution in [0.1, 0.15) is 13.3 Å². The Labute approximate surface area is 152 Å². The van der Waals surface area contributed by atoms with E-state index >= 15 is 0 Å². The largest absolute Gasteiger partial charge is 0.497 e. The van der Waals surface area contributed by atoms with Crippen molar-refractivity contribution in [3.63, 3.8) is 0 Å². The van der Waals surface area contributed by atoms with Crippen LogP contribution in [0.4, 0.5) is 0 Å². The first kappa shape index (κ1) is 18.9. The molecular formula is C19H22ClNO4. The number of carbonyl (C=O) groups excluding carboxylic acids is 1. The highest BCUT2D eigenvalue weighted by molar-refractivity contribution is 6.32. The first-order chi connectivity index (χ1) is 12.1. The van der Waals surface area contributed by atoms with Crippen molar-refractivity contribution in [1.29, 1.82) is 0 Å². The number of rotatable bonds is 9. The average Bonchev–Trinajstić information content (AvgIpc) is 2.64. The summed E-state index contributed by atoms with van der Waals surface area (Å²) in [6.07, 6.45) is -0.0265. The number of amides is 1. The van der Waals surface area contributed by atoms with Gasteiger partial charge in [-0.1, -0.05) is 36.7 Å². The molecule has 1 unspecified atom stereocenters. The molecule has 0 heterocycles. The summed E-state index contributed by atoms with van der Waals surface area (Å²) >= 11 is 6.01. The molecule has 1 N–H and O–H groups in total. The SMILES string of the molecule is CCC(Oc1cccc(OC)c1)C(=O)NCCOc1ccccc1Cl. The van der Waals surface area contributed by atoms with Gasteiger partial charge in [-0.25, -0.2) is 0 Å². The van der Waals surface area contributed by atoms with Gasteiger partial charge in [0.05, 0.1) is 18.7 Å². The van der Waals surface area contributed by atoms with Gasteiger partial charge in [0.2, 0.25) is 0 Å². The standard InChI is InChI=1S/C19H22ClNO4/c1-3-17(25-15-8-6-7-14(13-15)23-2)19(22)21-11-12-24-18-10-5-4-9-16(18)20/h4-10,13,17H,3,11-12H2,1-2H3,(H,21,22). The molecular weight excluding hydrogens is 342 g/mol. The maximum Gasteiger partial charge on any atom is 0.261 e. The molecule has 2 aromatic carbocycles. The molecule has 0 aliphatic heterocycles. The molecule has 0 fully saturated rings. The molecule has 0 aliphatic carbocycles. The fourth-order valence-electron chi connectivity index (χ4n) is 2.17. The Balaban J connectivity index is 1.80. The maximum absolute atomic E-state index is 12.3. The number of ether oxygens (including phenoxy) is 3. The molecule has 0 aliphatic rings. The zero-order valence-electron chi connectivity index (χ0n) is 14.3. The van der Waals surface area contributed by atoms with E-state index in [1.807, 2.05) is 31.2 Å². The van der Waals surface area contributed by atoms with Gasteiger partial charge in [0.1, 0.15) is 23.9 Å². The zero-order chi connectivity index (χ0) is 18.1. The summed E-state index contributed by atoms with van der Waals surface area (Å²) in [5.41, 5.74) is 0. The summed E-state index contributed by atoms with van der Waals surface area (Å²) in [5, 5.41) is 3.35. The van der Waals surface area contributed by atoms with Crippen LogP contribution in [0.3, 0.4) is 0 Å². The van der Waals surface area contributed by atoms with E-state index in [1.54, 1.807) is 31.4 Å². The summed E-state index contributed by atoms with van der Waals surface area (Å²) in [7, 11) is 1.59. The van der Waals surface area contributed by atoms with Crippen LogP contribution in [0, 0.1) is 0 Å². The van der Waals surface area contributed by atoms with Gasteiger partial charge >= 0.3 is 0 Å². The highest BCUT2D eigenvalue weighted by Gasteiger charge is 2.18. The summed E-state index contributed by atoms with van der Waals surface area (Å²) in [5.74, 6) is 1.68. The normalized spacial score (nSPS) is 11.5. The molecule has 1 amide bonds. The van der Waals surface area contributed by atoms with Gasteiger partial charge in [-0.05, 0) is 30.7 Å². The Hall–Kier alpha value is -2.40. The Morgan fingerprint density at radius 2 is 1.92 bits per heavy atom. The number of hydrogen-bond acceptors (Lipinski definition) is 4. The molecule has 134 valence electrons. The molecule has 6 heteroatoms. The number of halogens is 1. The van der Waals surface area contributed by atoms with Crippen LogP contribution in [-0.4, -0.2) is 32.3 Å². The lowest BCUT2D eigenvalue weighted by atomic mass is 10.2. The molecule has 0 spiro atoms. The summed E-state index contributed by atoms with van der Waals surface area (Å²) in [6, 6.07) is 14.4. The molecule has 0 saturated heterocycles. The van der Waals surface area contributed by atoms with E-state index in [2.05, 4.69) is 5.32 Å². The van der Waals surface area contributed by atoms with E-state index in [0.717, 1.165) is 0 Å². The Morgan fingerprint density at radius 3 is 2.64 bits per heavy atom. The third-order valence-electron chi connectivity index (χ3n) is 3.48. The molecule has 25 heavy (non-hydrogen) atoms. The monoisotopic (exact) mass is 363 g/mol. The van der Waals surface area contributed by atoms with Gasteiger partial charge in [-0.3, -0.25) is 4.79 Å². The van der Waals surface area contributed by atoms with Crippen LogP contribution < -0.4 is 19.5 Å². The Morgan fingerprint density at radius 1 is 1.16 bits per heavy atom. The second-order valence-corrected chi connectivity index (χ2v) is 5.67. The van der Waals surface area contributed by atoms with E-state index in [9.17, 15) is 4.79 Å². The van der Waals surface area contributed by atoms with E-state index in [1.165, 1.54) is 0 Å². The van der Waals surface area contributed by atoms with Gasteiger partial charge in [0, 0.05) is 6.07 Å². The lowest BCUT2D eigenvalue weighted by molar-refractivity contribution is -0.128. The highest BCUT2D eigenvalue weighted by Crippen LogP contribution is 2.23. The van der Waals surface area contributed by atoms with Gasteiger partial charge in [-0.15, -0.1) is 0 Å². The fraction of sp³-hybridized carbons (Fsp3) is 0.316. The van der Waals surface area contributed by atoms with Crippen molar-refractivity contribution >= 4 is 17.5 Å². The zero-order valence-corrected chi connectivity index (χ0v) is 15.1. The van der Waals surface area contributed by atoms with Crippen molar-refractivity contribution < 1.29 is 19.0 Å². The third kappa shape index (κ3) is 5.87. The molecule has 0 radical (unpaired) electrons. The van der Waals surface area contributed by atoms with Crippen LogP contribution in [0.5, 0.6) is 17.2 Å². The Bertz CT molecular complexity index is 693. The van der Waals surface area contributed by atoms with Crippen LogP contribution in [0.15, 0.2) is 48.5 Å². The summed E-state index contributed by atoms with van der Waals surface area (Å²) < 4.78 is 16.4. The number of para-hydroxylation sites is 1. The molecule has 0 saturated carbocycles. The van der Waals surface area contributed by atoms with Gasteiger partial charge in [0.15, 0.2) is 6.10 Å². The van der Waals surface area contributed by atoms with Crippen molar-refractivity contribution in [2.24, 2.45) is 0 Å². The lowest BCUT2D eigenvalue weighted by Gasteiger charge is -2.18. The quantitative estimate of drug-likeness (QED) is 0.690. The van der Waals surface area contributed by atoms with Crippen LogP contribution in [0.25, 0.3) is 0 Å².